The van der Waals surface area contributed by atoms with E-state index in [1.165, 1.54) is 24.4 Å². The van der Waals surface area contributed by atoms with E-state index >= 15 is 0 Å². The third kappa shape index (κ3) is 3.77. The Morgan fingerprint density at radius 3 is 2.54 bits per heavy atom. The summed E-state index contributed by atoms with van der Waals surface area (Å²) in [5.41, 5.74) is 3.82. The Morgan fingerprint density at radius 1 is 1.12 bits per heavy atom. The normalized spacial score (nSPS) is 11.3. The van der Waals surface area contributed by atoms with Crippen molar-refractivity contribution in [2.24, 2.45) is 0 Å². The lowest BCUT2D eigenvalue weighted by molar-refractivity contribution is 0.0944. The van der Waals surface area contributed by atoms with E-state index in [1.54, 1.807) is 17.7 Å². The Hall–Kier alpha value is -2.68. The molecular weight excluding hydrogens is 376 g/mol. The third-order valence-corrected chi connectivity index (χ3v) is 5.14. The van der Waals surface area contributed by atoms with Gasteiger partial charge in [0.25, 0.3) is 15.9 Å². The van der Waals surface area contributed by atoms with E-state index in [0.29, 0.717) is 5.69 Å². The molecule has 26 heavy (non-hydrogen) atoms. The molecule has 1 amide bonds. The number of halogens is 1. The van der Waals surface area contributed by atoms with Crippen LogP contribution in [0.25, 0.3) is 5.69 Å². The molecule has 0 saturated heterocycles. The van der Waals surface area contributed by atoms with E-state index in [0.717, 1.165) is 5.69 Å². The molecule has 3 rings (SSSR count). The molecule has 0 aliphatic heterocycles. The van der Waals surface area contributed by atoms with Gasteiger partial charge in [0.2, 0.25) is 0 Å². The number of carbonyl (C=O) groups excluding carboxylic acids is 1. The second-order valence-electron chi connectivity index (χ2n) is 5.41. The molecular formula is C17H15ClN4O3S. The third-order valence-electron chi connectivity index (χ3n) is 3.66. The molecule has 0 aliphatic carbocycles. The highest BCUT2D eigenvalue weighted by Crippen LogP contribution is 2.16. The Labute approximate surface area is 155 Å². The maximum Gasteiger partial charge on any atom is 0.269 e. The minimum absolute atomic E-state index is 0.0537. The number of sulfonamides is 1. The zero-order chi connectivity index (χ0) is 18.7. The van der Waals surface area contributed by atoms with Crippen molar-refractivity contribution in [3.8, 4) is 5.69 Å². The van der Waals surface area contributed by atoms with Gasteiger partial charge >= 0.3 is 0 Å². The fourth-order valence-electron chi connectivity index (χ4n) is 2.34. The average molecular weight is 391 g/mol. The van der Waals surface area contributed by atoms with Gasteiger partial charge < -0.3 is 0 Å². The molecule has 0 unspecified atom stereocenters. The smallest absolute Gasteiger partial charge is 0.269 e. The van der Waals surface area contributed by atoms with Crippen molar-refractivity contribution in [3.05, 3.63) is 77.1 Å². The Bertz CT molecular complexity index is 1050. The topological polar surface area (TPSA) is 93.1 Å². The molecule has 2 N–H and O–H groups in total. The fourth-order valence-corrected chi connectivity index (χ4v) is 3.48. The molecule has 134 valence electrons. The molecule has 2 aromatic carbocycles. The van der Waals surface area contributed by atoms with Gasteiger partial charge in [-0.15, -0.1) is 4.83 Å². The van der Waals surface area contributed by atoms with E-state index in [9.17, 15) is 13.2 Å². The maximum atomic E-state index is 12.3. The van der Waals surface area contributed by atoms with Crippen LogP contribution >= 0.6 is 11.6 Å². The Morgan fingerprint density at radius 2 is 1.85 bits per heavy atom. The highest BCUT2D eigenvalue weighted by atomic mass is 35.5. The molecule has 1 aromatic heterocycles. The number of hydrazine groups is 1. The largest absolute Gasteiger partial charge is 0.273 e. The Balaban J connectivity index is 1.76. The van der Waals surface area contributed by atoms with Crippen molar-refractivity contribution in [1.29, 1.82) is 0 Å². The molecule has 0 saturated carbocycles. The van der Waals surface area contributed by atoms with Gasteiger partial charge in [0, 0.05) is 5.02 Å². The van der Waals surface area contributed by atoms with E-state index in [2.05, 4.69) is 15.4 Å². The summed E-state index contributed by atoms with van der Waals surface area (Å²) in [5.74, 6) is -0.615. The van der Waals surface area contributed by atoms with E-state index < -0.39 is 15.9 Å². The lowest BCUT2D eigenvalue weighted by Crippen LogP contribution is -2.41. The van der Waals surface area contributed by atoms with E-state index in [4.69, 9.17) is 11.6 Å². The van der Waals surface area contributed by atoms with Crippen molar-refractivity contribution >= 4 is 27.5 Å². The predicted octanol–water partition coefficient (Wildman–Crippen LogP) is 2.46. The van der Waals surface area contributed by atoms with Crippen molar-refractivity contribution in [2.75, 3.05) is 0 Å². The van der Waals surface area contributed by atoms with Crippen LogP contribution in [-0.4, -0.2) is 24.1 Å². The molecule has 1 heterocycles. The molecule has 3 aromatic rings. The Kier molecular flexibility index (Phi) is 5.08. The van der Waals surface area contributed by atoms with Crippen LogP contribution in [-0.2, 0) is 10.0 Å². The molecule has 0 atom stereocenters. The van der Waals surface area contributed by atoms with Crippen LogP contribution < -0.4 is 10.3 Å². The number of benzene rings is 2. The number of hydrogen-bond donors (Lipinski definition) is 2. The van der Waals surface area contributed by atoms with Crippen molar-refractivity contribution < 1.29 is 13.2 Å². The van der Waals surface area contributed by atoms with Crippen LogP contribution in [0.15, 0.2) is 65.7 Å². The minimum Gasteiger partial charge on any atom is -0.273 e. The van der Waals surface area contributed by atoms with Crippen molar-refractivity contribution in [1.82, 2.24) is 20.0 Å². The summed E-state index contributed by atoms with van der Waals surface area (Å²) in [6, 6.07) is 15.0. The summed E-state index contributed by atoms with van der Waals surface area (Å²) >= 11 is 5.80. The van der Waals surface area contributed by atoms with Crippen LogP contribution in [0.2, 0.25) is 5.02 Å². The van der Waals surface area contributed by atoms with Crippen molar-refractivity contribution in [2.45, 2.75) is 11.8 Å². The lowest BCUT2D eigenvalue weighted by Gasteiger charge is -2.09. The highest BCUT2D eigenvalue weighted by molar-refractivity contribution is 7.89. The summed E-state index contributed by atoms with van der Waals surface area (Å²) in [6.07, 6.45) is 1.38. The molecule has 0 radical (unpaired) electrons. The number of amides is 1. The first kappa shape index (κ1) is 18.1. The number of nitrogens with one attached hydrogen (secondary N) is 2. The van der Waals surface area contributed by atoms with Crippen LogP contribution in [0.4, 0.5) is 0 Å². The SMILES string of the molecule is Cc1c(C(=O)NNS(=O)(=O)c2cccc(Cl)c2)cnn1-c1ccccc1. The second-order valence-corrected chi connectivity index (χ2v) is 7.53. The zero-order valence-corrected chi connectivity index (χ0v) is 15.3. The summed E-state index contributed by atoms with van der Waals surface area (Å²) < 4.78 is 26.1. The summed E-state index contributed by atoms with van der Waals surface area (Å²) in [4.78, 5) is 14.3. The molecule has 7 nitrogen and oxygen atoms in total. The maximum absolute atomic E-state index is 12.3. The van der Waals surface area contributed by atoms with Crippen LogP contribution in [0.3, 0.4) is 0 Å². The van der Waals surface area contributed by atoms with Gasteiger partial charge in [0.05, 0.1) is 28.0 Å². The highest BCUT2D eigenvalue weighted by Gasteiger charge is 2.19. The zero-order valence-electron chi connectivity index (χ0n) is 13.7. The molecule has 0 fully saturated rings. The van der Waals surface area contributed by atoms with Crippen LogP contribution in [0, 0.1) is 6.92 Å². The summed E-state index contributed by atoms with van der Waals surface area (Å²) in [5, 5.41) is 4.46. The molecule has 0 bridgehead atoms. The van der Waals surface area contributed by atoms with Crippen LogP contribution in [0.5, 0.6) is 0 Å². The first-order chi connectivity index (χ1) is 12.4. The minimum atomic E-state index is -3.94. The van der Waals surface area contributed by atoms with Crippen LogP contribution in [0.1, 0.15) is 16.1 Å². The number of nitrogens with zero attached hydrogens (tertiary/aromatic N) is 2. The van der Waals surface area contributed by atoms with Gasteiger partial charge in [-0.2, -0.15) is 5.10 Å². The van der Waals surface area contributed by atoms with Crippen molar-refractivity contribution in [3.63, 3.8) is 0 Å². The average Bonchev–Trinajstić information content (AvgIpc) is 3.02. The second kappa shape index (κ2) is 7.28. The quantitative estimate of drug-likeness (QED) is 0.654. The molecule has 9 heteroatoms. The number of rotatable bonds is 5. The predicted molar refractivity (Wildman–Crippen MR) is 97.5 cm³/mol. The number of para-hydroxylation sites is 1. The van der Waals surface area contributed by atoms with Gasteiger partial charge in [-0.05, 0) is 37.3 Å². The fraction of sp³-hybridized carbons (Fsp3) is 0.0588. The molecule has 0 aliphatic rings. The standard InChI is InChI=1S/C17H15ClN4O3S/c1-12-16(11-19-22(12)14-7-3-2-4-8-14)17(23)20-21-26(24,25)15-9-5-6-13(18)10-15/h2-11,21H,1H3,(H,20,23). The van der Waals surface area contributed by atoms with E-state index in [1.807, 2.05) is 30.3 Å². The van der Waals surface area contributed by atoms with Gasteiger partial charge in [0.1, 0.15) is 0 Å². The van der Waals surface area contributed by atoms with Gasteiger partial charge in [0.15, 0.2) is 0 Å². The summed E-state index contributed by atoms with van der Waals surface area (Å²) in [6.45, 7) is 1.72. The first-order valence-electron chi connectivity index (χ1n) is 7.56. The number of aromatic nitrogens is 2. The lowest BCUT2D eigenvalue weighted by atomic mass is 10.2. The first-order valence-corrected chi connectivity index (χ1v) is 9.42. The number of hydrogen-bond acceptors (Lipinski definition) is 4. The molecule has 0 spiro atoms. The van der Waals surface area contributed by atoms with E-state index in [-0.39, 0.29) is 15.5 Å². The van der Waals surface area contributed by atoms with Gasteiger partial charge in [-0.25, -0.2) is 13.1 Å². The van der Waals surface area contributed by atoms with Gasteiger partial charge in [-0.1, -0.05) is 35.9 Å². The summed E-state index contributed by atoms with van der Waals surface area (Å²) in [7, 11) is -3.94. The van der Waals surface area contributed by atoms with Gasteiger partial charge in [-0.3, -0.25) is 10.2 Å². The monoisotopic (exact) mass is 390 g/mol. The number of carbonyl (C=O) groups is 1.